The first-order chi connectivity index (χ1) is 8.30. The minimum Gasteiger partial charge on any atom is -0.493 e. The van der Waals surface area contributed by atoms with Crippen LogP contribution in [0.25, 0.3) is 10.8 Å². The van der Waals surface area contributed by atoms with Crippen molar-refractivity contribution < 1.29 is 14.2 Å². The molecule has 90 valence electrons. The molecule has 0 aliphatic rings. The van der Waals surface area contributed by atoms with Crippen molar-refractivity contribution in [2.24, 2.45) is 0 Å². The number of nitrogens with zero attached hydrogens (tertiary/aromatic N) is 1. The molecule has 1 aromatic carbocycles. The molecule has 0 saturated heterocycles. The topological polar surface area (TPSA) is 40.6 Å². The molecule has 17 heavy (non-hydrogen) atoms. The Bertz CT molecular complexity index is 525. The van der Waals surface area contributed by atoms with E-state index in [4.69, 9.17) is 14.2 Å². The van der Waals surface area contributed by atoms with E-state index in [0.29, 0.717) is 12.4 Å². The molecule has 2 rings (SSSR count). The molecular weight excluding hydrogens is 218 g/mol. The summed E-state index contributed by atoms with van der Waals surface area (Å²) in [7, 11) is 4.90. The van der Waals surface area contributed by atoms with Crippen molar-refractivity contribution in [3.05, 3.63) is 30.1 Å². The van der Waals surface area contributed by atoms with Crippen LogP contribution in [0.5, 0.6) is 11.5 Å². The SMILES string of the molecule is COCc1nccc2cc(OC)c(OC)cc12. The Morgan fingerprint density at radius 2 is 1.76 bits per heavy atom. The van der Waals surface area contributed by atoms with Gasteiger partial charge in [-0.3, -0.25) is 4.98 Å². The van der Waals surface area contributed by atoms with Crippen LogP contribution in [0.2, 0.25) is 0 Å². The Kier molecular flexibility index (Phi) is 3.44. The molecule has 1 heterocycles. The molecule has 0 saturated carbocycles. The summed E-state index contributed by atoms with van der Waals surface area (Å²) < 4.78 is 15.7. The molecule has 1 aromatic heterocycles. The van der Waals surface area contributed by atoms with Gasteiger partial charge in [0.1, 0.15) is 0 Å². The number of benzene rings is 1. The molecule has 0 fully saturated rings. The highest BCUT2D eigenvalue weighted by atomic mass is 16.5. The van der Waals surface area contributed by atoms with Gasteiger partial charge in [-0.1, -0.05) is 0 Å². The predicted octanol–water partition coefficient (Wildman–Crippen LogP) is 2.40. The summed E-state index contributed by atoms with van der Waals surface area (Å²) in [6.07, 6.45) is 1.77. The number of aromatic nitrogens is 1. The summed E-state index contributed by atoms with van der Waals surface area (Å²) in [5.41, 5.74) is 0.894. The van der Waals surface area contributed by atoms with Gasteiger partial charge < -0.3 is 14.2 Å². The molecule has 0 spiro atoms. The average Bonchev–Trinajstić information content (AvgIpc) is 2.38. The quantitative estimate of drug-likeness (QED) is 0.813. The van der Waals surface area contributed by atoms with E-state index >= 15 is 0 Å². The molecule has 0 aliphatic heterocycles. The third-order valence-corrected chi connectivity index (χ3v) is 2.63. The fraction of sp³-hybridized carbons (Fsp3) is 0.308. The van der Waals surface area contributed by atoms with Crippen LogP contribution >= 0.6 is 0 Å². The van der Waals surface area contributed by atoms with E-state index in [9.17, 15) is 0 Å². The molecule has 0 amide bonds. The zero-order chi connectivity index (χ0) is 12.3. The Morgan fingerprint density at radius 3 is 2.41 bits per heavy atom. The van der Waals surface area contributed by atoms with E-state index in [0.717, 1.165) is 22.2 Å². The molecule has 2 aromatic rings. The maximum atomic E-state index is 5.28. The first-order valence-corrected chi connectivity index (χ1v) is 5.28. The van der Waals surface area contributed by atoms with Crippen molar-refractivity contribution >= 4 is 10.8 Å². The first-order valence-electron chi connectivity index (χ1n) is 5.28. The monoisotopic (exact) mass is 233 g/mol. The van der Waals surface area contributed by atoms with E-state index in [1.165, 1.54) is 0 Å². The van der Waals surface area contributed by atoms with Gasteiger partial charge in [-0.05, 0) is 23.6 Å². The zero-order valence-electron chi connectivity index (χ0n) is 10.2. The lowest BCUT2D eigenvalue weighted by Gasteiger charge is -2.11. The van der Waals surface area contributed by atoms with E-state index in [1.807, 2.05) is 18.2 Å². The van der Waals surface area contributed by atoms with Gasteiger partial charge >= 0.3 is 0 Å². The largest absolute Gasteiger partial charge is 0.493 e. The highest BCUT2D eigenvalue weighted by molar-refractivity contribution is 5.87. The predicted molar refractivity (Wildman–Crippen MR) is 65.6 cm³/mol. The maximum absolute atomic E-state index is 5.28. The van der Waals surface area contributed by atoms with Crippen LogP contribution in [0.15, 0.2) is 24.4 Å². The molecule has 0 atom stereocenters. The molecule has 0 aliphatic carbocycles. The minimum atomic E-state index is 0.479. The van der Waals surface area contributed by atoms with Gasteiger partial charge in [0, 0.05) is 18.7 Å². The fourth-order valence-corrected chi connectivity index (χ4v) is 1.81. The van der Waals surface area contributed by atoms with Crippen LogP contribution in [0.4, 0.5) is 0 Å². The summed E-state index contributed by atoms with van der Waals surface area (Å²) >= 11 is 0. The summed E-state index contributed by atoms with van der Waals surface area (Å²) in [5, 5.41) is 2.08. The van der Waals surface area contributed by atoms with Crippen molar-refractivity contribution in [2.75, 3.05) is 21.3 Å². The highest BCUT2D eigenvalue weighted by Gasteiger charge is 2.09. The van der Waals surface area contributed by atoms with E-state index < -0.39 is 0 Å². The van der Waals surface area contributed by atoms with Crippen molar-refractivity contribution in [3.8, 4) is 11.5 Å². The Morgan fingerprint density at radius 1 is 1.06 bits per heavy atom. The number of hydrogen-bond acceptors (Lipinski definition) is 4. The molecule has 0 N–H and O–H groups in total. The Hall–Kier alpha value is -1.81. The normalized spacial score (nSPS) is 10.5. The summed E-state index contributed by atoms with van der Waals surface area (Å²) in [4.78, 5) is 4.31. The van der Waals surface area contributed by atoms with Crippen LogP contribution in [0.3, 0.4) is 0 Å². The maximum Gasteiger partial charge on any atom is 0.161 e. The lowest BCUT2D eigenvalue weighted by molar-refractivity contribution is 0.182. The van der Waals surface area contributed by atoms with Crippen molar-refractivity contribution in [2.45, 2.75) is 6.61 Å². The summed E-state index contributed by atoms with van der Waals surface area (Å²) in [5.74, 6) is 1.42. The number of rotatable bonds is 4. The molecule has 4 heteroatoms. The molecule has 4 nitrogen and oxygen atoms in total. The van der Waals surface area contributed by atoms with Crippen molar-refractivity contribution in [1.29, 1.82) is 0 Å². The number of pyridine rings is 1. The summed E-state index contributed by atoms with van der Waals surface area (Å²) in [6.45, 7) is 0.479. The lowest BCUT2D eigenvalue weighted by Crippen LogP contribution is -1.96. The van der Waals surface area contributed by atoms with Gasteiger partial charge in [0.05, 0.1) is 26.5 Å². The number of hydrogen-bond donors (Lipinski definition) is 0. The van der Waals surface area contributed by atoms with Gasteiger partial charge in [-0.25, -0.2) is 0 Å². The van der Waals surface area contributed by atoms with Crippen LogP contribution in [0, 0.1) is 0 Å². The van der Waals surface area contributed by atoms with Crippen LogP contribution < -0.4 is 9.47 Å². The van der Waals surface area contributed by atoms with Gasteiger partial charge in [0.25, 0.3) is 0 Å². The summed E-state index contributed by atoms with van der Waals surface area (Å²) in [6, 6.07) is 5.81. The van der Waals surface area contributed by atoms with E-state index in [1.54, 1.807) is 27.5 Å². The fourth-order valence-electron chi connectivity index (χ4n) is 1.81. The first kappa shape index (κ1) is 11.7. The van der Waals surface area contributed by atoms with E-state index in [-0.39, 0.29) is 0 Å². The Labute approximate surface area is 100 Å². The second-order valence-electron chi connectivity index (χ2n) is 3.62. The van der Waals surface area contributed by atoms with Crippen LogP contribution in [-0.2, 0) is 11.3 Å². The molecular formula is C13H15NO3. The van der Waals surface area contributed by atoms with Crippen LogP contribution in [-0.4, -0.2) is 26.3 Å². The number of ether oxygens (including phenoxy) is 3. The minimum absolute atomic E-state index is 0.479. The smallest absolute Gasteiger partial charge is 0.161 e. The second kappa shape index (κ2) is 5.01. The zero-order valence-corrected chi connectivity index (χ0v) is 10.2. The molecule has 0 unspecified atom stereocenters. The standard InChI is InChI=1S/C13H15NO3/c1-15-8-11-10-7-13(17-3)12(16-2)6-9(10)4-5-14-11/h4-7H,8H2,1-3H3. The molecule has 0 bridgehead atoms. The van der Waals surface area contributed by atoms with Gasteiger partial charge in [0.2, 0.25) is 0 Å². The Balaban J connectivity index is 2.64. The van der Waals surface area contributed by atoms with Crippen molar-refractivity contribution in [3.63, 3.8) is 0 Å². The average molecular weight is 233 g/mol. The number of fused-ring (bicyclic) bond motifs is 1. The van der Waals surface area contributed by atoms with E-state index in [2.05, 4.69) is 4.98 Å². The van der Waals surface area contributed by atoms with Gasteiger partial charge in [0.15, 0.2) is 11.5 Å². The second-order valence-corrected chi connectivity index (χ2v) is 3.62. The number of methoxy groups -OCH3 is 3. The highest BCUT2D eigenvalue weighted by Crippen LogP contribution is 2.33. The van der Waals surface area contributed by atoms with Crippen LogP contribution in [0.1, 0.15) is 5.69 Å². The lowest BCUT2D eigenvalue weighted by atomic mass is 10.1. The third-order valence-electron chi connectivity index (χ3n) is 2.63. The van der Waals surface area contributed by atoms with Gasteiger partial charge in [-0.15, -0.1) is 0 Å². The molecule has 0 radical (unpaired) electrons. The van der Waals surface area contributed by atoms with Crippen molar-refractivity contribution in [1.82, 2.24) is 4.98 Å². The van der Waals surface area contributed by atoms with Gasteiger partial charge in [-0.2, -0.15) is 0 Å². The third kappa shape index (κ3) is 2.17.